The lowest BCUT2D eigenvalue weighted by molar-refractivity contribution is -0.122. The fraction of sp³-hybridized carbons (Fsp3) is 0.300. The fourth-order valence-corrected chi connectivity index (χ4v) is 2.43. The lowest BCUT2D eigenvalue weighted by atomic mass is 10.0. The molecule has 0 fully saturated rings. The number of carbonyl (C=O) groups is 2. The van der Waals surface area contributed by atoms with Crippen LogP contribution in [0.1, 0.15) is 30.5 Å². The molecule has 2 aromatic carbocycles. The van der Waals surface area contributed by atoms with Crippen LogP contribution in [0.5, 0.6) is 5.75 Å². The van der Waals surface area contributed by atoms with Gasteiger partial charge in [-0.05, 0) is 24.6 Å². The van der Waals surface area contributed by atoms with Crippen molar-refractivity contribution in [2.75, 3.05) is 13.2 Å². The number of rotatable bonds is 8. The first-order valence-corrected chi connectivity index (χ1v) is 8.33. The van der Waals surface area contributed by atoms with Gasteiger partial charge in [-0.15, -0.1) is 0 Å². The molecule has 132 valence electrons. The van der Waals surface area contributed by atoms with Gasteiger partial charge in [0.1, 0.15) is 12.4 Å². The number of ether oxygens (including phenoxy) is 1. The van der Waals surface area contributed by atoms with Crippen LogP contribution in [0.25, 0.3) is 0 Å². The summed E-state index contributed by atoms with van der Waals surface area (Å²) in [7, 11) is 0. The first-order chi connectivity index (χ1) is 12.0. The van der Waals surface area contributed by atoms with E-state index in [0.29, 0.717) is 13.2 Å². The predicted octanol–water partition coefficient (Wildman–Crippen LogP) is 2.76. The lowest BCUT2D eigenvalue weighted by Gasteiger charge is -2.18. The normalized spacial score (nSPS) is 11.4. The van der Waals surface area contributed by atoms with Gasteiger partial charge in [0.25, 0.3) is 0 Å². The summed E-state index contributed by atoms with van der Waals surface area (Å²) in [4.78, 5) is 23.6. The molecule has 0 heterocycles. The third-order valence-corrected chi connectivity index (χ3v) is 3.68. The average molecular weight is 340 g/mol. The summed E-state index contributed by atoms with van der Waals surface area (Å²) in [6.07, 6.45) is 0.188. The van der Waals surface area contributed by atoms with Crippen molar-refractivity contribution in [1.82, 2.24) is 10.6 Å². The molecule has 1 unspecified atom stereocenters. The van der Waals surface area contributed by atoms with Gasteiger partial charge in [-0.25, -0.2) is 0 Å². The number of nitrogens with one attached hydrogen (secondary N) is 2. The fourth-order valence-electron chi connectivity index (χ4n) is 2.43. The van der Waals surface area contributed by atoms with Crippen LogP contribution in [0.15, 0.2) is 54.6 Å². The van der Waals surface area contributed by atoms with Gasteiger partial charge in [-0.2, -0.15) is 0 Å². The van der Waals surface area contributed by atoms with Crippen molar-refractivity contribution in [2.45, 2.75) is 26.3 Å². The molecule has 2 N–H and O–H groups in total. The van der Waals surface area contributed by atoms with Crippen LogP contribution in [-0.4, -0.2) is 25.0 Å². The Labute approximate surface area is 148 Å². The largest absolute Gasteiger partial charge is 0.492 e. The summed E-state index contributed by atoms with van der Waals surface area (Å²) in [5.74, 6) is 0.481. The number of carbonyl (C=O) groups excluding carboxylic acids is 2. The molecule has 0 saturated heterocycles. The van der Waals surface area contributed by atoms with Gasteiger partial charge in [0.15, 0.2) is 0 Å². The standard InChI is InChI=1S/C20H24N2O3/c1-15-8-10-17(11-9-15)19(22-16(2)23)14-20(24)21-12-13-25-18-6-4-3-5-7-18/h3-11,19H,12-14H2,1-2H3,(H,21,24)(H,22,23). The van der Waals surface area contributed by atoms with Gasteiger partial charge in [0.05, 0.1) is 19.0 Å². The van der Waals surface area contributed by atoms with Crippen LogP contribution in [0, 0.1) is 6.92 Å². The van der Waals surface area contributed by atoms with E-state index in [1.165, 1.54) is 6.92 Å². The number of hydrogen-bond acceptors (Lipinski definition) is 3. The highest BCUT2D eigenvalue weighted by Crippen LogP contribution is 2.17. The Morgan fingerprint density at radius 1 is 1.04 bits per heavy atom. The first-order valence-electron chi connectivity index (χ1n) is 8.33. The van der Waals surface area contributed by atoms with Gasteiger partial charge < -0.3 is 15.4 Å². The second-order valence-corrected chi connectivity index (χ2v) is 5.88. The third kappa shape index (κ3) is 6.67. The molecule has 0 aromatic heterocycles. The first kappa shape index (κ1) is 18.5. The van der Waals surface area contributed by atoms with Gasteiger partial charge in [-0.1, -0.05) is 48.0 Å². The van der Waals surface area contributed by atoms with Crippen molar-refractivity contribution in [3.05, 3.63) is 65.7 Å². The van der Waals surface area contributed by atoms with Crippen molar-refractivity contribution in [2.24, 2.45) is 0 Å². The molecule has 25 heavy (non-hydrogen) atoms. The van der Waals surface area contributed by atoms with Crippen LogP contribution >= 0.6 is 0 Å². The molecule has 0 aliphatic rings. The van der Waals surface area contributed by atoms with Crippen LogP contribution in [0.4, 0.5) is 0 Å². The molecule has 0 aliphatic carbocycles. The number of aryl methyl sites for hydroxylation is 1. The zero-order valence-electron chi connectivity index (χ0n) is 14.6. The molecule has 0 radical (unpaired) electrons. The van der Waals surface area contributed by atoms with Gasteiger partial charge in [0.2, 0.25) is 11.8 Å². The SMILES string of the molecule is CC(=O)NC(CC(=O)NCCOc1ccccc1)c1ccc(C)cc1. The quantitative estimate of drug-likeness (QED) is 0.726. The minimum absolute atomic E-state index is 0.129. The van der Waals surface area contributed by atoms with Gasteiger partial charge in [-0.3, -0.25) is 9.59 Å². The van der Waals surface area contributed by atoms with Crippen molar-refractivity contribution >= 4 is 11.8 Å². The molecule has 0 spiro atoms. The average Bonchev–Trinajstić information content (AvgIpc) is 2.59. The molecule has 5 heteroatoms. The molecule has 0 saturated carbocycles. The molecule has 0 aliphatic heterocycles. The van der Waals surface area contributed by atoms with E-state index in [4.69, 9.17) is 4.74 Å². The summed E-state index contributed by atoms with van der Waals surface area (Å²) in [6, 6.07) is 16.9. The smallest absolute Gasteiger partial charge is 0.222 e. The van der Waals surface area contributed by atoms with Crippen molar-refractivity contribution in [1.29, 1.82) is 0 Å². The molecule has 2 aromatic rings. The van der Waals surface area contributed by atoms with Crippen LogP contribution in [0.3, 0.4) is 0 Å². The van der Waals surface area contributed by atoms with E-state index in [2.05, 4.69) is 10.6 Å². The molecule has 0 bridgehead atoms. The van der Waals surface area contributed by atoms with E-state index in [1.54, 1.807) is 0 Å². The number of hydrogen-bond donors (Lipinski definition) is 2. The van der Waals surface area contributed by atoms with E-state index < -0.39 is 0 Å². The Morgan fingerprint density at radius 3 is 2.36 bits per heavy atom. The van der Waals surface area contributed by atoms with E-state index in [1.807, 2.05) is 61.5 Å². The Kier molecular flexibility index (Phi) is 7.01. The van der Waals surface area contributed by atoms with Gasteiger partial charge >= 0.3 is 0 Å². The second kappa shape index (κ2) is 9.47. The summed E-state index contributed by atoms with van der Waals surface area (Å²) < 4.78 is 5.54. The number of benzene rings is 2. The second-order valence-electron chi connectivity index (χ2n) is 5.88. The van der Waals surface area contributed by atoms with E-state index in [-0.39, 0.29) is 24.3 Å². The Morgan fingerprint density at radius 2 is 1.72 bits per heavy atom. The Hall–Kier alpha value is -2.82. The van der Waals surface area contributed by atoms with Crippen LogP contribution in [0.2, 0.25) is 0 Å². The minimum Gasteiger partial charge on any atom is -0.492 e. The molecule has 2 amide bonds. The summed E-state index contributed by atoms with van der Waals surface area (Å²) in [5, 5.41) is 5.65. The minimum atomic E-state index is -0.340. The summed E-state index contributed by atoms with van der Waals surface area (Å²) in [5.41, 5.74) is 2.05. The van der Waals surface area contributed by atoms with Crippen LogP contribution < -0.4 is 15.4 Å². The third-order valence-electron chi connectivity index (χ3n) is 3.68. The molecular formula is C20H24N2O3. The van der Waals surface area contributed by atoms with E-state index >= 15 is 0 Å². The topological polar surface area (TPSA) is 67.4 Å². The molecular weight excluding hydrogens is 316 g/mol. The number of amides is 2. The predicted molar refractivity (Wildman–Crippen MR) is 97.3 cm³/mol. The zero-order valence-corrected chi connectivity index (χ0v) is 14.6. The van der Waals surface area contributed by atoms with E-state index in [9.17, 15) is 9.59 Å². The van der Waals surface area contributed by atoms with Crippen molar-refractivity contribution in [3.8, 4) is 5.75 Å². The maximum Gasteiger partial charge on any atom is 0.222 e. The monoisotopic (exact) mass is 340 g/mol. The Balaban J connectivity index is 1.82. The van der Waals surface area contributed by atoms with Crippen molar-refractivity contribution in [3.63, 3.8) is 0 Å². The highest BCUT2D eigenvalue weighted by molar-refractivity contribution is 5.79. The van der Waals surface area contributed by atoms with Gasteiger partial charge in [0, 0.05) is 6.92 Å². The van der Waals surface area contributed by atoms with E-state index in [0.717, 1.165) is 16.9 Å². The molecule has 2 rings (SSSR count). The maximum atomic E-state index is 12.2. The summed E-state index contributed by atoms with van der Waals surface area (Å²) >= 11 is 0. The highest BCUT2D eigenvalue weighted by atomic mass is 16.5. The Bertz CT molecular complexity index is 684. The molecule has 5 nitrogen and oxygen atoms in total. The zero-order chi connectivity index (χ0) is 18.1. The highest BCUT2D eigenvalue weighted by Gasteiger charge is 2.16. The summed E-state index contributed by atoms with van der Waals surface area (Å²) in [6.45, 7) is 4.25. The van der Waals surface area contributed by atoms with Crippen molar-refractivity contribution < 1.29 is 14.3 Å². The number of para-hydroxylation sites is 1. The van der Waals surface area contributed by atoms with Crippen LogP contribution in [-0.2, 0) is 9.59 Å². The lowest BCUT2D eigenvalue weighted by Crippen LogP contribution is -2.34. The molecule has 1 atom stereocenters. The maximum absolute atomic E-state index is 12.2.